The number of hydrogen-bond acceptors (Lipinski definition) is 4. The van der Waals surface area contributed by atoms with Gasteiger partial charge < -0.3 is 9.47 Å². The van der Waals surface area contributed by atoms with E-state index in [0.717, 1.165) is 23.4 Å². The number of hydrogen-bond donors (Lipinski definition) is 0. The molecule has 1 atom stereocenters. The molecule has 2 aromatic rings. The molecule has 1 saturated heterocycles. The molecule has 0 amide bonds. The fourth-order valence-corrected chi connectivity index (χ4v) is 2.75. The molecule has 1 fully saturated rings. The van der Waals surface area contributed by atoms with Gasteiger partial charge in [-0.3, -0.25) is 4.90 Å². The first-order chi connectivity index (χ1) is 11.4. The van der Waals surface area contributed by atoms with Crippen molar-refractivity contribution in [2.45, 2.75) is 12.6 Å². The fraction of sp³-hybridized carbons (Fsp3) is 0.316. The van der Waals surface area contributed by atoms with E-state index in [4.69, 9.17) is 14.7 Å². The Kier molecular flexibility index (Phi) is 5.25. The van der Waals surface area contributed by atoms with Crippen molar-refractivity contribution in [1.29, 1.82) is 5.26 Å². The summed E-state index contributed by atoms with van der Waals surface area (Å²) in [5.41, 5.74) is 2.31. The third-order valence-electron chi connectivity index (χ3n) is 4.03. The second-order valence-electron chi connectivity index (χ2n) is 5.56. The van der Waals surface area contributed by atoms with Crippen LogP contribution < -0.4 is 4.74 Å². The molecule has 3 rings (SSSR count). The maximum absolute atomic E-state index is 8.95. The third-order valence-corrected chi connectivity index (χ3v) is 4.03. The Labute approximate surface area is 136 Å². The number of rotatable bonds is 5. The summed E-state index contributed by atoms with van der Waals surface area (Å²) in [6.45, 7) is 3.11. The Morgan fingerprint density at radius 3 is 2.65 bits per heavy atom. The van der Waals surface area contributed by atoms with Crippen LogP contribution in [0.1, 0.15) is 17.2 Å². The molecule has 4 nitrogen and oxygen atoms in total. The monoisotopic (exact) mass is 308 g/mol. The highest BCUT2D eigenvalue weighted by Gasteiger charge is 2.24. The Morgan fingerprint density at radius 1 is 1.13 bits per heavy atom. The van der Waals surface area contributed by atoms with Crippen LogP contribution in [0.15, 0.2) is 54.6 Å². The van der Waals surface area contributed by atoms with Crippen LogP contribution in [-0.4, -0.2) is 31.2 Å². The average molecular weight is 308 g/mol. The van der Waals surface area contributed by atoms with E-state index < -0.39 is 0 Å². The highest BCUT2D eigenvalue weighted by atomic mass is 16.5. The van der Waals surface area contributed by atoms with Crippen molar-refractivity contribution >= 4 is 0 Å². The summed E-state index contributed by atoms with van der Waals surface area (Å²) in [5, 5.41) is 8.95. The Bertz CT molecular complexity index is 649. The van der Waals surface area contributed by atoms with E-state index in [0.29, 0.717) is 26.4 Å². The predicted molar refractivity (Wildman–Crippen MR) is 88.0 cm³/mol. The first-order valence-corrected chi connectivity index (χ1v) is 7.82. The number of ether oxygens (including phenoxy) is 2. The number of morpholine rings is 1. The minimum atomic E-state index is 0.145. The van der Waals surface area contributed by atoms with Gasteiger partial charge in [-0.1, -0.05) is 42.5 Å². The third kappa shape index (κ3) is 4.10. The molecule has 1 unspecified atom stereocenters. The van der Waals surface area contributed by atoms with E-state index in [1.807, 2.05) is 42.5 Å². The zero-order valence-corrected chi connectivity index (χ0v) is 13.0. The largest absolute Gasteiger partial charge is 0.489 e. The molecule has 0 aromatic heterocycles. The minimum absolute atomic E-state index is 0.145. The molecule has 0 saturated carbocycles. The van der Waals surface area contributed by atoms with Crippen molar-refractivity contribution in [3.63, 3.8) is 0 Å². The summed E-state index contributed by atoms with van der Waals surface area (Å²) in [4.78, 5) is 2.16. The Morgan fingerprint density at radius 2 is 1.91 bits per heavy atom. The molecule has 4 heteroatoms. The molecule has 1 heterocycles. The van der Waals surface area contributed by atoms with Crippen molar-refractivity contribution in [2.24, 2.45) is 0 Å². The highest BCUT2D eigenvalue weighted by molar-refractivity contribution is 5.30. The average Bonchev–Trinajstić information content (AvgIpc) is 2.62. The van der Waals surface area contributed by atoms with E-state index >= 15 is 0 Å². The maximum Gasteiger partial charge on any atom is 0.119 e. The Balaban J connectivity index is 1.63. The van der Waals surface area contributed by atoms with E-state index in [1.54, 1.807) is 0 Å². The fourth-order valence-electron chi connectivity index (χ4n) is 2.75. The smallest absolute Gasteiger partial charge is 0.119 e. The summed E-state index contributed by atoms with van der Waals surface area (Å²) in [7, 11) is 0. The molecule has 1 aliphatic heterocycles. The second-order valence-corrected chi connectivity index (χ2v) is 5.56. The van der Waals surface area contributed by atoms with Gasteiger partial charge >= 0.3 is 0 Å². The summed E-state index contributed by atoms with van der Waals surface area (Å²) < 4.78 is 11.4. The molecule has 0 radical (unpaired) electrons. The second kappa shape index (κ2) is 7.77. The summed E-state index contributed by atoms with van der Waals surface area (Å²) >= 11 is 0. The zero-order chi connectivity index (χ0) is 15.9. The van der Waals surface area contributed by atoms with Crippen LogP contribution in [-0.2, 0) is 11.3 Å². The van der Waals surface area contributed by atoms with Gasteiger partial charge in [0.05, 0.1) is 31.9 Å². The number of benzene rings is 2. The molecule has 0 spiro atoms. The number of nitrogens with zero attached hydrogens (tertiary/aromatic N) is 2. The lowest BCUT2D eigenvalue weighted by Gasteiger charge is -2.34. The van der Waals surface area contributed by atoms with E-state index in [-0.39, 0.29) is 6.04 Å². The van der Waals surface area contributed by atoms with Crippen molar-refractivity contribution < 1.29 is 9.47 Å². The molecule has 23 heavy (non-hydrogen) atoms. The predicted octanol–water partition coefficient (Wildman–Crippen LogP) is 3.16. The molecule has 0 bridgehead atoms. The molecular weight excluding hydrogens is 288 g/mol. The van der Waals surface area contributed by atoms with Crippen molar-refractivity contribution in [1.82, 2.24) is 4.90 Å². The first kappa shape index (κ1) is 15.5. The first-order valence-electron chi connectivity index (χ1n) is 7.82. The summed E-state index contributed by atoms with van der Waals surface area (Å²) in [6, 6.07) is 20.6. The number of nitriles is 1. The molecular formula is C19H20N2O2. The van der Waals surface area contributed by atoms with Crippen LogP contribution in [0.5, 0.6) is 5.75 Å². The molecule has 1 aliphatic rings. The van der Waals surface area contributed by atoms with Gasteiger partial charge in [0, 0.05) is 6.54 Å². The molecule has 0 N–H and O–H groups in total. The summed E-state index contributed by atoms with van der Waals surface area (Å²) in [6.07, 6.45) is 0. The maximum atomic E-state index is 8.95. The Hall–Kier alpha value is -2.35. The van der Waals surface area contributed by atoms with Gasteiger partial charge in [-0.15, -0.1) is 0 Å². The van der Waals surface area contributed by atoms with Gasteiger partial charge in [0.1, 0.15) is 12.4 Å². The van der Waals surface area contributed by atoms with Gasteiger partial charge in [-0.2, -0.15) is 5.26 Å². The van der Waals surface area contributed by atoms with Crippen LogP contribution in [0.3, 0.4) is 0 Å². The van der Waals surface area contributed by atoms with Crippen molar-refractivity contribution in [3.8, 4) is 11.8 Å². The van der Waals surface area contributed by atoms with E-state index in [2.05, 4.69) is 23.1 Å². The van der Waals surface area contributed by atoms with Crippen LogP contribution in [0, 0.1) is 11.3 Å². The normalized spacial score (nSPS) is 18.3. The quantitative estimate of drug-likeness (QED) is 0.796. The lowest BCUT2D eigenvalue weighted by atomic mass is 10.0. The van der Waals surface area contributed by atoms with Gasteiger partial charge in [0.15, 0.2) is 0 Å². The van der Waals surface area contributed by atoms with Crippen LogP contribution in [0.25, 0.3) is 0 Å². The van der Waals surface area contributed by atoms with Gasteiger partial charge in [0.2, 0.25) is 0 Å². The lowest BCUT2D eigenvalue weighted by Crippen LogP contribution is -2.39. The van der Waals surface area contributed by atoms with E-state index in [9.17, 15) is 0 Å². The molecule has 118 valence electrons. The molecule has 0 aliphatic carbocycles. The van der Waals surface area contributed by atoms with Crippen molar-refractivity contribution in [3.05, 3.63) is 65.7 Å². The van der Waals surface area contributed by atoms with Gasteiger partial charge in [-0.05, 0) is 23.3 Å². The topological polar surface area (TPSA) is 45.5 Å². The van der Waals surface area contributed by atoms with E-state index in [1.165, 1.54) is 0 Å². The van der Waals surface area contributed by atoms with Gasteiger partial charge in [-0.25, -0.2) is 0 Å². The summed E-state index contributed by atoms with van der Waals surface area (Å²) in [5.74, 6) is 0.848. The highest BCUT2D eigenvalue weighted by Crippen LogP contribution is 2.25. The molecule has 2 aromatic carbocycles. The van der Waals surface area contributed by atoms with Crippen molar-refractivity contribution in [2.75, 3.05) is 26.3 Å². The van der Waals surface area contributed by atoms with Crippen LogP contribution in [0.4, 0.5) is 0 Å². The van der Waals surface area contributed by atoms with Crippen LogP contribution in [0.2, 0.25) is 0 Å². The lowest BCUT2D eigenvalue weighted by molar-refractivity contribution is -0.00180. The zero-order valence-electron chi connectivity index (χ0n) is 13.0. The minimum Gasteiger partial charge on any atom is -0.489 e. The standard InChI is InChI=1S/C19H20N2O2/c20-10-11-21-12-13-22-15-19(21)17-6-8-18(9-7-17)23-14-16-4-2-1-3-5-16/h1-9,19H,11-15H2. The van der Waals surface area contributed by atoms with Gasteiger partial charge in [0.25, 0.3) is 0 Å². The SMILES string of the molecule is N#CCN1CCOCC1c1ccc(OCc2ccccc2)cc1. The van der Waals surface area contributed by atoms with Crippen LogP contribution >= 0.6 is 0 Å².